The van der Waals surface area contributed by atoms with Crippen molar-refractivity contribution in [1.82, 2.24) is 5.32 Å². The number of benzene rings is 1. The van der Waals surface area contributed by atoms with Crippen molar-refractivity contribution in [2.45, 2.75) is 32.2 Å². The van der Waals surface area contributed by atoms with Crippen molar-refractivity contribution in [3.05, 3.63) is 35.4 Å². The maximum absolute atomic E-state index is 11.6. The number of hydrogen-bond donors (Lipinski definition) is 1. The van der Waals surface area contributed by atoms with Gasteiger partial charge >= 0.3 is 0 Å². The van der Waals surface area contributed by atoms with Crippen molar-refractivity contribution in [3.63, 3.8) is 0 Å². The van der Waals surface area contributed by atoms with E-state index in [9.17, 15) is 4.79 Å². The lowest BCUT2D eigenvalue weighted by Gasteiger charge is -2.26. The van der Waals surface area contributed by atoms with E-state index in [2.05, 4.69) is 11.4 Å². The van der Waals surface area contributed by atoms with Crippen LogP contribution in [0.3, 0.4) is 0 Å². The van der Waals surface area contributed by atoms with E-state index in [-0.39, 0.29) is 5.91 Å². The molecule has 0 saturated heterocycles. The Hall–Kier alpha value is -1.31. The molecule has 2 nitrogen and oxygen atoms in total. The minimum absolute atomic E-state index is 0.0333. The van der Waals surface area contributed by atoms with Crippen molar-refractivity contribution in [1.29, 1.82) is 0 Å². The van der Waals surface area contributed by atoms with Gasteiger partial charge in [-0.15, -0.1) is 0 Å². The van der Waals surface area contributed by atoms with Crippen LogP contribution in [0.15, 0.2) is 18.2 Å². The molecule has 0 spiro atoms. The summed E-state index contributed by atoms with van der Waals surface area (Å²) in [5.41, 5.74) is 1.77. The average Bonchev–Trinajstić information content (AvgIpc) is 2.12. The molecule has 2 rings (SSSR count). The van der Waals surface area contributed by atoms with E-state index in [1.165, 1.54) is 6.42 Å². The topological polar surface area (TPSA) is 29.1 Å². The standard InChI is InChI=1S/C12H14NO/c1-9-5-7-10(8-6-9)12(14)13-11-3-2-4-11/h5,7-8,11H,2-4H2,1H3,(H,13,14). The quantitative estimate of drug-likeness (QED) is 0.756. The Kier molecular flexibility index (Phi) is 2.53. The first-order chi connectivity index (χ1) is 6.75. The molecular formula is C12H14NO. The van der Waals surface area contributed by atoms with Crippen molar-refractivity contribution >= 4 is 5.91 Å². The van der Waals surface area contributed by atoms with E-state index in [0.29, 0.717) is 11.6 Å². The highest BCUT2D eigenvalue weighted by Crippen LogP contribution is 2.18. The Balaban J connectivity index is 1.99. The monoisotopic (exact) mass is 188 g/mol. The molecule has 2 heteroatoms. The van der Waals surface area contributed by atoms with Gasteiger partial charge in [0.25, 0.3) is 5.91 Å². The molecule has 0 atom stereocenters. The first kappa shape index (κ1) is 9.25. The van der Waals surface area contributed by atoms with E-state index in [1.807, 2.05) is 19.1 Å². The molecule has 1 aromatic carbocycles. The van der Waals surface area contributed by atoms with E-state index < -0.39 is 0 Å². The minimum Gasteiger partial charge on any atom is -0.349 e. The van der Waals surface area contributed by atoms with Gasteiger partial charge in [0.1, 0.15) is 0 Å². The second-order valence-electron chi connectivity index (χ2n) is 3.86. The predicted molar refractivity (Wildman–Crippen MR) is 55.1 cm³/mol. The summed E-state index contributed by atoms with van der Waals surface area (Å²) in [6.07, 6.45) is 3.49. The predicted octanol–water partition coefficient (Wildman–Crippen LogP) is 2.08. The number of carbonyl (C=O) groups is 1. The fraction of sp³-hybridized carbons (Fsp3) is 0.417. The Morgan fingerprint density at radius 2 is 2.29 bits per heavy atom. The largest absolute Gasteiger partial charge is 0.349 e. The zero-order valence-electron chi connectivity index (χ0n) is 8.34. The lowest BCUT2D eigenvalue weighted by Crippen LogP contribution is -2.39. The molecule has 1 aliphatic carbocycles. The van der Waals surface area contributed by atoms with Crippen LogP contribution in [-0.2, 0) is 0 Å². The molecule has 1 fully saturated rings. The zero-order valence-corrected chi connectivity index (χ0v) is 8.34. The Morgan fingerprint density at radius 3 is 2.79 bits per heavy atom. The summed E-state index contributed by atoms with van der Waals surface area (Å²) >= 11 is 0. The first-order valence-corrected chi connectivity index (χ1v) is 5.05. The van der Waals surface area contributed by atoms with Crippen molar-refractivity contribution in [3.8, 4) is 0 Å². The molecular weight excluding hydrogens is 174 g/mol. The summed E-state index contributed by atoms with van der Waals surface area (Å²) in [5.74, 6) is 0.0333. The molecule has 1 N–H and O–H groups in total. The fourth-order valence-corrected chi connectivity index (χ4v) is 1.47. The molecule has 0 aliphatic heterocycles. The van der Waals surface area contributed by atoms with Gasteiger partial charge < -0.3 is 5.32 Å². The lowest BCUT2D eigenvalue weighted by molar-refractivity contribution is 0.0917. The maximum Gasteiger partial charge on any atom is 0.251 e. The van der Waals surface area contributed by atoms with E-state index >= 15 is 0 Å². The van der Waals surface area contributed by atoms with Crippen LogP contribution in [-0.4, -0.2) is 11.9 Å². The summed E-state index contributed by atoms with van der Waals surface area (Å²) in [6, 6.07) is 8.95. The van der Waals surface area contributed by atoms with E-state index in [4.69, 9.17) is 0 Å². The second kappa shape index (κ2) is 3.82. The molecule has 1 saturated carbocycles. The third-order valence-electron chi connectivity index (χ3n) is 2.67. The third kappa shape index (κ3) is 1.95. The molecule has 0 bridgehead atoms. The van der Waals surface area contributed by atoms with Crippen LogP contribution in [0.5, 0.6) is 0 Å². The van der Waals surface area contributed by atoms with E-state index in [1.54, 1.807) is 6.07 Å². The van der Waals surface area contributed by atoms with Crippen LogP contribution in [0.25, 0.3) is 0 Å². The zero-order chi connectivity index (χ0) is 9.97. The number of carbonyl (C=O) groups excluding carboxylic acids is 1. The Bertz CT molecular complexity index is 325. The van der Waals surface area contributed by atoms with Crippen molar-refractivity contribution in [2.75, 3.05) is 0 Å². The summed E-state index contributed by atoms with van der Waals surface area (Å²) in [7, 11) is 0. The van der Waals surface area contributed by atoms with Gasteiger partial charge in [0.15, 0.2) is 0 Å². The molecule has 1 radical (unpaired) electrons. The maximum atomic E-state index is 11.6. The fourth-order valence-electron chi connectivity index (χ4n) is 1.47. The number of nitrogens with one attached hydrogen (secondary N) is 1. The van der Waals surface area contributed by atoms with Crippen LogP contribution >= 0.6 is 0 Å². The number of amides is 1. The highest BCUT2D eigenvalue weighted by molar-refractivity contribution is 5.94. The molecule has 73 valence electrons. The minimum atomic E-state index is 0.0333. The van der Waals surface area contributed by atoms with Crippen LogP contribution in [0.4, 0.5) is 0 Å². The SMILES string of the molecule is Cc1[c]cc(C(=O)NC2CCC2)cc1. The van der Waals surface area contributed by atoms with Gasteiger partial charge in [0.05, 0.1) is 0 Å². The normalized spacial score (nSPS) is 16.1. The smallest absolute Gasteiger partial charge is 0.251 e. The van der Waals surface area contributed by atoms with E-state index in [0.717, 1.165) is 18.4 Å². The average molecular weight is 188 g/mol. The van der Waals surface area contributed by atoms with Gasteiger partial charge in [-0.2, -0.15) is 0 Å². The Morgan fingerprint density at radius 1 is 1.50 bits per heavy atom. The molecule has 1 aromatic rings. The first-order valence-electron chi connectivity index (χ1n) is 5.05. The van der Waals surface area contributed by atoms with Crippen LogP contribution < -0.4 is 5.32 Å². The molecule has 0 aromatic heterocycles. The van der Waals surface area contributed by atoms with Crippen molar-refractivity contribution < 1.29 is 4.79 Å². The highest BCUT2D eigenvalue weighted by Gasteiger charge is 2.19. The molecule has 1 aliphatic rings. The molecule has 14 heavy (non-hydrogen) atoms. The summed E-state index contributed by atoms with van der Waals surface area (Å²) in [4.78, 5) is 11.6. The van der Waals surface area contributed by atoms with Crippen LogP contribution in [0, 0.1) is 13.0 Å². The lowest BCUT2D eigenvalue weighted by atomic mass is 9.93. The summed E-state index contributed by atoms with van der Waals surface area (Å²) < 4.78 is 0. The number of aryl methyl sites for hydroxylation is 1. The molecule has 1 amide bonds. The van der Waals surface area contributed by atoms with Gasteiger partial charge in [-0.3, -0.25) is 4.79 Å². The van der Waals surface area contributed by atoms with Crippen LogP contribution in [0.1, 0.15) is 35.2 Å². The van der Waals surface area contributed by atoms with Gasteiger partial charge in [-0.25, -0.2) is 0 Å². The van der Waals surface area contributed by atoms with Gasteiger partial charge in [0, 0.05) is 11.6 Å². The van der Waals surface area contributed by atoms with Crippen molar-refractivity contribution in [2.24, 2.45) is 0 Å². The Labute approximate surface area is 84.3 Å². The second-order valence-corrected chi connectivity index (χ2v) is 3.86. The summed E-state index contributed by atoms with van der Waals surface area (Å²) in [5, 5.41) is 2.99. The third-order valence-corrected chi connectivity index (χ3v) is 2.67. The number of rotatable bonds is 2. The molecule has 0 heterocycles. The summed E-state index contributed by atoms with van der Waals surface area (Å²) in [6.45, 7) is 1.97. The van der Waals surface area contributed by atoms with Gasteiger partial charge in [-0.1, -0.05) is 6.07 Å². The van der Waals surface area contributed by atoms with Gasteiger partial charge in [0.2, 0.25) is 0 Å². The molecule has 0 unspecified atom stereocenters. The van der Waals surface area contributed by atoms with Crippen LogP contribution in [0.2, 0.25) is 0 Å². The number of hydrogen-bond acceptors (Lipinski definition) is 1. The highest BCUT2D eigenvalue weighted by atomic mass is 16.1. The van der Waals surface area contributed by atoms with Gasteiger partial charge in [-0.05, 0) is 49.9 Å².